The maximum Gasteiger partial charge on any atom is 0.410 e. The van der Waals surface area contributed by atoms with Gasteiger partial charge in [-0.1, -0.05) is 15.9 Å². The first-order valence-electron chi connectivity index (χ1n) is 11.6. The number of nitrogens with zero attached hydrogens (tertiary/aromatic N) is 2. The molecule has 186 valence electrons. The van der Waals surface area contributed by atoms with Crippen molar-refractivity contribution in [1.29, 1.82) is 0 Å². The molecule has 3 aromatic rings. The number of anilines is 1. The average molecular weight is 544 g/mol. The van der Waals surface area contributed by atoms with E-state index in [0.29, 0.717) is 37.5 Å². The van der Waals surface area contributed by atoms with E-state index in [4.69, 9.17) is 13.9 Å². The van der Waals surface area contributed by atoms with Gasteiger partial charge >= 0.3 is 6.09 Å². The number of likely N-dealkylation sites (tertiary alicyclic amines) is 1. The van der Waals surface area contributed by atoms with Crippen molar-refractivity contribution >= 4 is 44.7 Å². The van der Waals surface area contributed by atoms with Crippen molar-refractivity contribution in [2.45, 2.75) is 52.2 Å². The summed E-state index contributed by atoms with van der Waals surface area (Å²) in [5, 5.41) is 2.85. The molecule has 1 saturated heterocycles. The van der Waals surface area contributed by atoms with Crippen molar-refractivity contribution in [2.24, 2.45) is 0 Å². The number of amides is 2. The van der Waals surface area contributed by atoms with Gasteiger partial charge in [0.05, 0.1) is 6.10 Å². The van der Waals surface area contributed by atoms with Crippen LogP contribution in [-0.4, -0.2) is 53.3 Å². The monoisotopic (exact) mass is 543 g/mol. The Balaban J connectivity index is 1.25. The van der Waals surface area contributed by atoms with Crippen molar-refractivity contribution in [3.8, 4) is 11.5 Å². The Bertz CT molecular complexity index is 1210. The van der Waals surface area contributed by atoms with Gasteiger partial charge in [-0.05, 0) is 82.5 Å². The molecule has 35 heavy (non-hydrogen) atoms. The summed E-state index contributed by atoms with van der Waals surface area (Å²) in [6.45, 7) is 8.59. The Morgan fingerprint density at radius 2 is 1.86 bits per heavy atom. The number of ether oxygens (including phenoxy) is 2. The third-order valence-corrected chi connectivity index (χ3v) is 6.06. The molecule has 0 radical (unpaired) electrons. The minimum Gasteiger partial charge on any atom is -0.444 e. The smallest absolute Gasteiger partial charge is 0.410 e. The Morgan fingerprint density at radius 1 is 1.17 bits per heavy atom. The summed E-state index contributed by atoms with van der Waals surface area (Å²) in [7, 11) is 0. The molecule has 8 nitrogen and oxygen atoms in total. The van der Waals surface area contributed by atoms with E-state index in [1.165, 1.54) is 0 Å². The lowest BCUT2D eigenvalue weighted by Gasteiger charge is -2.33. The molecule has 4 rings (SSSR count). The molecular formula is C26H30BrN3O5. The van der Waals surface area contributed by atoms with Gasteiger partial charge in [0.2, 0.25) is 11.8 Å². The van der Waals surface area contributed by atoms with Crippen molar-refractivity contribution < 1.29 is 23.5 Å². The van der Waals surface area contributed by atoms with Crippen LogP contribution in [0, 0.1) is 6.92 Å². The Hall–Kier alpha value is -2.91. The molecule has 0 spiro atoms. The van der Waals surface area contributed by atoms with Crippen LogP contribution in [0.25, 0.3) is 22.6 Å². The number of aryl methyl sites for hydroxylation is 1. The quantitative estimate of drug-likeness (QED) is 0.429. The number of nitrogens with one attached hydrogen (secondary N) is 1. The summed E-state index contributed by atoms with van der Waals surface area (Å²) >= 11 is 3.48. The number of aromatic nitrogens is 1. The molecule has 1 fully saturated rings. The number of carbonyl (C=O) groups excluding carboxylic acids is 2. The molecule has 0 aliphatic carbocycles. The topological polar surface area (TPSA) is 93.9 Å². The highest BCUT2D eigenvalue weighted by Crippen LogP contribution is 2.29. The number of rotatable bonds is 5. The highest BCUT2D eigenvalue weighted by molar-refractivity contribution is 9.10. The number of hydrogen-bond donors (Lipinski definition) is 1. The van der Waals surface area contributed by atoms with Gasteiger partial charge in [0.15, 0.2) is 5.58 Å². The van der Waals surface area contributed by atoms with Crippen LogP contribution in [0.3, 0.4) is 0 Å². The van der Waals surface area contributed by atoms with Crippen LogP contribution in [0.2, 0.25) is 0 Å². The molecule has 0 unspecified atom stereocenters. The minimum atomic E-state index is -0.514. The first kappa shape index (κ1) is 25.2. The zero-order valence-electron chi connectivity index (χ0n) is 20.4. The van der Waals surface area contributed by atoms with Crippen molar-refractivity contribution in [1.82, 2.24) is 9.88 Å². The first-order chi connectivity index (χ1) is 16.6. The van der Waals surface area contributed by atoms with Crippen molar-refractivity contribution in [3.63, 3.8) is 0 Å². The van der Waals surface area contributed by atoms with Crippen LogP contribution in [0.5, 0.6) is 0 Å². The first-order valence-corrected chi connectivity index (χ1v) is 12.4. The molecule has 1 aliphatic rings. The van der Waals surface area contributed by atoms with Crippen molar-refractivity contribution in [3.05, 3.63) is 46.4 Å². The normalized spacial score (nSPS) is 14.8. The lowest BCUT2D eigenvalue weighted by molar-refractivity contribution is -0.123. The number of halogens is 1. The molecule has 1 aromatic heterocycles. The average Bonchev–Trinajstić information content (AvgIpc) is 3.22. The summed E-state index contributed by atoms with van der Waals surface area (Å²) in [4.78, 5) is 30.8. The summed E-state index contributed by atoms with van der Waals surface area (Å²) in [6.07, 6.45) is 0.964. The Morgan fingerprint density at radius 3 is 2.51 bits per heavy atom. The maximum absolute atomic E-state index is 12.4. The van der Waals surface area contributed by atoms with Crippen LogP contribution in [0.1, 0.15) is 39.2 Å². The van der Waals surface area contributed by atoms with E-state index in [-0.39, 0.29) is 24.7 Å². The summed E-state index contributed by atoms with van der Waals surface area (Å²) in [5.74, 6) is 0.301. The molecule has 0 saturated carbocycles. The van der Waals surface area contributed by atoms with Gasteiger partial charge < -0.3 is 24.1 Å². The van der Waals surface area contributed by atoms with E-state index < -0.39 is 5.60 Å². The van der Waals surface area contributed by atoms with Crippen LogP contribution in [-0.2, 0) is 14.3 Å². The molecule has 2 aromatic carbocycles. The zero-order valence-corrected chi connectivity index (χ0v) is 22.0. The van der Waals surface area contributed by atoms with E-state index >= 15 is 0 Å². The van der Waals surface area contributed by atoms with Gasteiger partial charge in [0.1, 0.15) is 17.7 Å². The highest BCUT2D eigenvalue weighted by atomic mass is 79.9. The molecule has 2 heterocycles. The van der Waals surface area contributed by atoms with E-state index in [1.807, 2.05) is 64.1 Å². The largest absolute Gasteiger partial charge is 0.444 e. The predicted octanol–water partition coefficient (Wildman–Crippen LogP) is 5.92. The number of hydrogen-bond acceptors (Lipinski definition) is 6. The molecule has 2 amide bonds. The van der Waals surface area contributed by atoms with E-state index in [1.54, 1.807) is 4.90 Å². The second-order valence-corrected chi connectivity index (χ2v) is 10.6. The molecule has 9 heteroatoms. The third kappa shape index (κ3) is 6.61. The number of oxazole rings is 1. The maximum atomic E-state index is 12.4. The van der Waals surface area contributed by atoms with E-state index in [9.17, 15) is 9.59 Å². The lowest BCUT2D eigenvalue weighted by atomic mass is 10.1. The van der Waals surface area contributed by atoms with Crippen LogP contribution < -0.4 is 5.32 Å². The number of benzene rings is 2. The molecule has 1 aliphatic heterocycles. The highest BCUT2D eigenvalue weighted by Gasteiger charge is 2.27. The van der Waals surface area contributed by atoms with Gasteiger partial charge in [-0.2, -0.15) is 0 Å². The number of piperidine rings is 1. The molecular weight excluding hydrogens is 514 g/mol. The van der Waals surface area contributed by atoms with Gasteiger partial charge in [-0.15, -0.1) is 0 Å². The zero-order chi connectivity index (χ0) is 25.2. The van der Waals surface area contributed by atoms with Crippen molar-refractivity contribution in [2.75, 3.05) is 25.0 Å². The summed E-state index contributed by atoms with van der Waals surface area (Å²) in [5.41, 5.74) is 3.53. The van der Waals surface area contributed by atoms with Crippen LogP contribution in [0.15, 0.2) is 45.3 Å². The second-order valence-electron chi connectivity index (χ2n) is 9.69. The third-order valence-electron chi connectivity index (χ3n) is 5.60. The number of carbonyl (C=O) groups is 2. The fourth-order valence-corrected chi connectivity index (χ4v) is 4.46. The Labute approximate surface area is 213 Å². The minimum absolute atomic E-state index is 0.0435. The summed E-state index contributed by atoms with van der Waals surface area (Å²) < 4.78 is 18.1. The molecule has 0 bridgehead atoms. The van der Waals surface area contributed by atoms with E-state index in [2.05, 4.69) is 26.2 Å². The standard InChI is InChI=1S/C26H30BrN3O5/c1-16-13-18(27)14-21-23(16)34-24(29-21)17-5-7-19(8-6-17)28-22(31)15-33-20-9-11-30(12-10-20)25(32)35-26(2,3)4/h5-8,13-14,20H,9-12,15H2,1-4H3,(H,28,31). The predicted molar refractivity (Wildman–Crippen MR) is 137 cm³/mol. The second kappa shape index (κ2) is 10.4. The van der Waals surface area contributed by atoms with Crippen LogP contribution in [0.4, 0.5) is 10.5 Å². The fraction of sp³-hybridized carbons (Fsp3) is 0.423. The lowest BCUT2D eigenvalue weighted by Crippen LogP contribution is -2.43. The van der Waals surface area contributed by atoms with Gasteiger partial charge in [-0.3, -0.25) is 4.79 Å². The SMILES string of the molecule is Cc1cc(Br)cc2nc(-c3ccc(NC(=O)COC4CCN(C(=O)OC(C)(C)C)CC4)cc3)oc12. The Kier molecular flexibility index (Phi) is 7.47. The van der Waals surface area contributed by atoms with Crippen LogP contribution >= 0.6 is 15.9 Å². The van der Waals surface area contributed by atoms with Gasteiger partial charge in [0.25, 0.3) is 0 Å². The van der Waals surface area contributed by atoms with Gasteiger partial charge in [0, 0.05) is 28.8 Å². The van der Waals surface area contributed by atoms with Gasteiger partial charge in [-0.25, -0.2) is 9.78 Å². The molecule has 1 N–H and O–H groups in total. The number of fused-ring (bicyclic) bond motifs is 1. The summed E-state index contributed by atoms with van der Waals surface area (Å²) in [6, 6.07) is 11.2. The molecule has 0 atom stereocenters. The fourth-order valence-electron chi connectivity index (χ4n) is 3.90. The van der Waals surface area contributed by atoms with E-state index in [0.717, 1.165) is 26.7 Å².